The Hall–Kier alpha value is -2.94. The van der Waals surface area contributed by atoms with Crippen LogP contribution < -0.4 is 0 Å². The minimum Gasteiger partial charge on any atom is -0.393 e. The maximum Gasteiger partial charge on any atom is 0.0585 e. The van der Waals surface area contributed by atoms with Crippen molar-refractivity contribution in [3.63, 3.8) is 0 Å². The van der Waals surface area contributed by atoms with Crippen LogP contribution in [0.15, 0.2) is 130 Å². The van der Waals surface area contributed by atoms with Crippen LogP contribution in [-0.4, -0.2) is 22.4 Å². The number of hydrogen-bond acceptors (Lipinski definition) is 2. The van der Waals surface area contributed by atoms with E-state index in [1.807, 2.05) is 13.8 Å². The summed E-state index contributed by atoms with van der Waals surface area (Å²) in [6.45, 7) is 23.4. The van der Waals surface area contributed by atoms with Gasteiger partial charge in [-0.1, -0.05) is 153 Å². The molecule has 0 aromatic carbocycles. The van der Waals surface area contributed by atoms with E-state index in [9.17, 15) is 10.2 Å². The first-order valence-corrected chi connectivity index (χ1v) is 16.1. The van der Waals surface area contributed by atoms with Gasteiger partial charge in [-0.2, -0.15) is 0 Å². The van der Waals surface area contributed by atoms with E-state index in [-0.39, 0.29) is 17.6 Å². The fourth-order valence-electron chi connectivity index (χ4n) is 5.77. The van der Waals surface area contributed by atoms with Crippen LogP contribution >= 0.6 is 0 Å². The molecule has 236 valence electrons. The van der Waals surface area contributed by atoms with E-state index in [1.54, 1.807) is 0 Å². The summed E-state index contributed by atoms with van der Waals surface area (Å²) in [6, 6.07) is 0. The maximum atomic E-state index is 10.1. The van der Waals surface area contributed by atoms with Gasteiger partial charge in [0.05, 0.1) is 12.2 Å². The van der Waals surface area contributed by atoms with Crippen LogP contribution in [0, 0.1) is 11.3 Å². The molecule has 0 radical (unpaired) electrons. The molecule has 0 spiro atoms. The second kappa shape index (κ2) is 19.4. The smallest absolute Gasteiger partial charge is 0.0585 e. The van der Waals surface area contributed by atoms with E-state index in [4.69, 9.17) is 0 Å². The van der Waals surface area contributed by atoms with Crippen molar-refractivity contribution in [3.8, 4) is 0 Å². The van der Waals surface area contributed by atoms with E-state index in [0.717, 1.165) is 25.7 Å². The Morgan fingerprint density at radius 2 is 1.09 bits per heavy atom. The highest BCUT2D eigenvalue weighted by atomic mass is 16.3. The Bertz CT molecular complexity index is 1240. The molecule has 2 heteroatoms. The van der Waals surface area contributed by atoms with Gasteiger partial charge in [-0.05, 0) is 89.7 Å². The average Bonchev–Trinajstić information content (AvgIpc) is 2.90. The van der Waals surface area contributed by atoms with Crippen LogP contribution in [-0.2, 0) is 0 Å². The molecule has 3 unspecified atom stereocenters. The summed E-state index contributed by atoms with van der Waals surface area (Å²) < 4.78 is 0. The van der Waals surface area contributed by atoms with Crippen molar-refractivity contribution in [2.24, 2.45) is 11.3 Å². The molecular formula is C41H60O2. The molecule has 0 aliphatic heterocycles. The third-order valence-corrected chi connectivity index (χ3v) is 7.97. The summed E-state index contributed by atoms with van der Waals surface area (Å²) in [5.74, 6) is 0.407. The Balaban J connectivity index is 0.00000452. The van der Waals surface area contributed by atoms with E-state index < -0.39 is 0 Å². The van der Waals surface area contributed by atoms with E-state index in [1.165, 1.54) is 44.6 Å². The lowest BCUT2D eigenvalue weighted by Crippen LogP contribution is -2.28. The summed E-state index contributed by atoms with van der Waals surface area (Å²) in [5, 5.41) is 20.0. The average molecular weight is 585 g/mol. The number of rotatable bonds is 10. The highest BCUT2D eigenvalue weighted by Crippen LogP contribution is 2.41. The van der Waals surface area contributed by atoms with Gasteiger partial charge in [0.1, 0.15) is 0 Å². The molecule has 0 amide bonds. The lowest BCUT2D eigenvalue weighted by Gasteiger charge is -2.35. The normalized spacial score (nSPS) is 24.8. The fraction of sp³-hybridized carbons (Fsp3) is 0.463. The van der Waals surface area contributed by atoms with Crippen molar-refractivity contribution in [2.45, 2.75) is 114 Å². The highest BCUT2D eigenvalue weighted by molar-refractivity contribution is 5.38. The van der Waals surface area contributed by atoms with Gasteiger partial charge >= 0.3 is 0 Å². The van der Waals surface area contributed by atoms with Crippen LogP contribution in [0.2, 0.25) is 0 Å². The molecule has 2 aliphatic rings. The number of hydrogen-bond donors (Lipinski definition) is 2. The zero-order valence-corrected chi connectivity index (χ0v) is 29.0. The van der Waals surface area contributed by atoms with Crippen molar-refractivity contribution in [2.75, 3.05) is 0 Å². The summed E-state index contributed by atoms with van der Waals surface area (Å²) in [5.41, 5.74) is 10.1. The van der Waals surface area contributed by atoms with Gasteiger partial charge in [0.25, 0.3) is 0 Å². The number of aliphatic hydroxyl groups is 2. The standard InChI is InChI=1S/C39H54O2.C2H6/c1-28(16-12-18-30(3)20-22-37-32(5)24-35(40)25-33(37)6)14-10-11-15-29(2)17-13-19-31(4)21-23-38-34(7)26-36(41)27-39(38,8)9;1-2/h10-23,32,35-36,40-41H,24-27H2,1-9H3;1-2H3/b11-10+,16-12+,17-13+,22-20+,23-21+,28-14+,29-15+,30-18+,31-19+;. The van der Waals surface area contributed by atoms with Crippen molar-refractivity contribution in [1.82, 2.24) is 0 Å². The summed E-state index contributed by atoms with van der Waals surface area (Å²) >= 11 is 0. The number of allylic oxidation sites excluding steroid dienone is 20. The summed E-state index contributed by atoms with van der Waals surface area (Å²) in [6.07, 6.45) is 32.7. The molecule has 0 saturated carbocycles. The predicted octanol–water partition coefficient (Wildman–Crippen LogP) is 11.2. The van der Waals surface area contributed by atoms with Crippen LogP contribution in [0.25, 0.3) is 0 Å². The summed E-state index contributed by atoms with van der Waals surface area (Å²) in [7, 11) is 0. The molecule has 0 heterocycles. The third kappa shape index (κ3) is 14.4. The molecule has 0 fully saturated rings. The zero-order valence-electron chi connectivity index (χ0n) is 29.0. The fourth-order valence-corrected chi connectivity index (χ4v) is 5.77. The Morgan fingerprint density at radius 3 is 1.58 bits per heavy atom. The van der Waals surface area contributed by atoms with Crippen LogP contribution in [0.4, 0.5) is 0 Å². The number of aliphatic hydroxyl groups excluding tert-OH is 2. The molecule has 2 nitrogen and oxygen atoms in total. The molecule has 0 aromatic heterocycles. The topological polar surface area (TPSA) is 40.5 Å². The quantitative estimate of drug-likeness (QED) is 0.251. The van der Waals surface area contributed by atoms with Gasteiger partial charge in [0.15, 0.2) is 0 Å². The van der Waals surface area contributed by atoms with E-state index in [2.05, 4.69) is 147 Å². The largest absolute Gasteiger partial charge is 0.393 e. The lowest BCUT2D eigenvalue weighted by molar-refractivity contribution is 0.116. The molecule has 43 heavy (non-hydrogen) atoms. The van der Waals surface area contributed by atoms with E-state index in [0.29, 0.717) is 5.92 Å². The first kappa shape index (κ1) is 38.1. The summed E-state index contributed by atoms with van der Waals surface area (Å²) in [4.78, 5) is 0. The minimum atomic E-state index is -0.226. The van der Waals surface area contributed by atoms with Gasteiger partial charge < -0.3 is 10.2 Å². The lowest BCUT2D eigenvalue weighted by atomic mass is 9.71. The molecule has 0 bridgehead atoms. The first-order chi connectivity index (χ1) is 20.3. The zero-order chi connectivity index (χ0) is 32.6. The molecular weight excluding hydrogens is 524 g/mol. The maximum absolute atomic E-state index is 10.1. The van der Waals surface area contributed by atoms with Gasteiger partial charge in [-0.15, -0.1) is 0 Å². The van der Waals surface area contributed by atoms with Crippen LogP contribution in [0.1, 0.15) is 102 Å². The second-order valence-electron chi connectivity index (χ2n) is 12.8. The SMILES string of the molecule is CC.CC1=C(/C=C/C(C)=C/C=C/C(C)=C/C=C/C=C(C)/C=C/C=C(C)/C=C/C2=C(C)CC(O)CC2(C)C)C(C)CC(O)C1. The monoisotopic (exact) mass is 584 g/mol. The molecule has 2 N–H and O–H groups in total. The van der Waals surface area contributed by atoms with Gasteiger partial charge in [-0.3, -0.25) is 0 Å². The van der Waals surface area contributed by atoms with Crippen molar-refractivity contribution in [1.29, 1.82) is 0 Å². The Labute approximate surface area is 264 Å². The van der Waals surface area contributed by atoms with Crippen LogP contribution in [0.3, 0.4) is 0 Å². The molecule has 3 atom stereocenters. The second-order valence-corrected chi connectivity index (χ2v) is 12.8. The molecule has 0 saturated heterocycles. The van der Waals surface area contributed by atoms with Gasteiger partial charge in [0.2, 0.25) is 0 Å². The van der Waals surface area contributed by atoms with Crippen LogP contribution in [0.5, 0.6) is 0 Å². The molecule has 2 rings (SSSR count). The molecule has 2 aliphatic carbocycles. The van der Waals surface area contributed by atoms with Gasteiger partial charge in [0, 0.05) is 0 Å². The predicted molar refractivity (Wildman–Crippen MR) is 191 cm³/mol. The van der Waals surface area contributed by atoms with Crippen molar-refractivity contribution < 1.29 is 10.2 Å². The van der Waals surface area contributed by atoms with Crippen molar-refractivity contribution in [3.05, 3.63) is 130 Å². The Morgan fingerprint density at radius 1 is 0.651 bits per heavy atom. The van der Waals surface area contributed by atoms with E-state index >= 15 is 0 Å². The minimum absolute atomic E-state index is 0.00671. The first-order valence-electron chi connectivity index (χ1n) is 16.1. The Kier molecular flexibility index (Phi) is 17.1. The highest BCUT2D eigenvalue weighted by Gasteiger charge is 2.31. The molecule has 0 aromatic rings. The van der Waals surface area contributed by atoms with Crippen molar-refractivity contribution >= 4 is 0 Å². The van der Waals surface area contributed by atoms with Gasteiger partial charge in [-0.25, -0.2) is 0 Å². The third-order valence-electron chi connectivity index (χ3n) is 7.97.